The molecule has 0 N–H and O–H groups in total. The first-order valence-electron chi connectivity index (χ1n) is 7.18. The van der Waals surface area contributed by atoms with E-state index in [4.69, 9.17) is 18.9 Å². The summed E-state index contributed by atoms with van der Waals surface area (Å²) >= 11 is 0. The predicted octanol–water partition coefficient (Wildman–Crippen LogP) is 2.53. The van der Waals surface area contributed by atoms with E-state index in [2.05, 4.69) is 0 Å². The molecule has 5 nitrogen and oxygen atoms in total. The molecule has 2 bridgehead atoms. The Labute approximate surface area is 130 Å². The second kappa shape index (κ2) is 5.77. The summed E-state index contributed by atoms with van der Waals surface area (Å²) in [6, 6.07) is 1.11. The zero-order chi connectivity index (χ0) is 16.7. The maximum absolute atomic E-state index is 13.2. The molecule has 126 valence electrons. The Bertz CT molecular complexity index is 586. The van der Waals surface area contributed by atoms with Crippen LogP contribution in [-0.2, 0) is 19.0 Å². The highest BCUT2D eigenvalue weighted by atomic mass is 19.2. The number of benzene rings is 1. The van der Waals surface area contributed by atoms with Gasteiger partial charge in [0.1, 0.15) is 5.75 Å². The number of halogens is 3. The highest BCUT2D eigenvalue weighted by Gasteiger charge is 2.58. The van der Waals surface area contributed by atoms with E-state index in [9.17, 15) is 18.0 Å². The molecule has 3 heterocycles. The van der Waals surface area contributed by atoms with Crippen molar-refractivity contribution >= 4 is 5.97 Å². The van der Waals surface area contributed by atoms with Crippen LogP contribution in [0.2, 0.25) is 0 Å². The zero-order valence-electron chi connectivity index (χ0n) is 12.4. The van der Waals surface area contributed by atoms with Gasteiger partial charge < -0.3 is 18.9 Å². The number of carbonyl (C=O) groups is 1. The van der Waals surface area contributed by atoms with Gasteiger partial charge in [-0.25, -0.2) is 18.0 Å². The molecule has 23 heavy (non-hydrogen) atoms. The summed E-state index contributed by atoms with van der Waals surface area (Å²) in [5.74, 6) is -8.24. The molecule has 0 atom stereocenters. The Balaban J connectivity index is 1.73. The molecule has 0 unspecified atom stereocenters. The van der Waals surface area contributed by atoms with E-state index in [1.807, 2.05) is 6.92 Å². The molecule has 3 fully saturated rings. The van der Waals surface area contributed by atoms with Crippen molar-refractivity contribution in [2.75, 3.05) is 19.8 Å². The van der Waals surface area contributed by atoms with Gasteiger partial charge in [0, 0.05) is 17.5 Å². The van der Waals surface area contributed by atoms with Gasteiger partial charge in [0.15, 0.2) is 17.5 Å². The third-order valence-corrected chi connectivity index (χ3v) is 3.90. The molecular weight excluding hydrogens is 317 g/mol. The first kappa shape index (κ1) is 16.2. The first-order chi connectivity index (χ1) is 10.9. The van der Waals surface area contributed by atoms with Crippen LogP contribution in [0.4, 0.5) is 13.2 Å². The Kier molecular flexibility index (Phi) is 4.07. The van der Waals surface area contributed by atoms with Crippen molar-refractivity contribution in [2.45, 2.75) is 25.7 Å². The van der Waals surface area contributed by atoms with Crippen LogP contribution in [0, 0.1) is 22.9 Å². The fraction of sp³-hybridized carbons (Fsp3) is 0.533. The summed E-state index contributed by atoms with van der Waals surface area (Å²) in [7, 11) is 0. The number of rotatable bonds is 4. The van der Waals surface area contributed by atoms with Gasteiger partial charge in [-0.15, -0.1) is 0 Å². The Morgan fingerprint density at radius 3 is 2.13 bits per heavy atom. The molecule has 8 heteroatoms. The van der Waals surface area contributed by atoms with Crippen LogP contribution in [0.1, 0.15) is 19.8 Å². The van der Waals surface area contributed by atoms with E-state index in [1.165, 1.54) is 0 Å². The predicted molar refractivity (Wildman–Crippen MR) is 69.9 cm³/mol. The van der Waals surface area contributed by atoms with Gasteiger partial charge in [-0.1, -0.05) is 13.3 Å². The van der Waals surface area contributed by atoms with Crippen LogP contribution in [0.15, 0.2) is 12.1 Å². The summed E-state index contributed by atoms with van der Waals surface area (Å²) in [4.78, 5) is 12.2. The second-order valence-corrected chi connectivity index (χ2v) is 5.76. The monoisotopic (exact) mass is 332 g/mol. The fourth-order valence-corrected chi connectivity index (χ4v) is 2.68. The number of carbonyl (C=O) groups excluding carboxylic acids is 1. The lowest BCUT2D eigenvalue weighted by molar-refractivity contribution is -0.448. The van der Waals surface area contributed by atoms with E-state index in [0.29, 0.717) is 12.1 Å². The minimum absolute atomic E-state index is 0.252. The topological polar surface area (TPSA) is 54.0 Å². The molecule has 0 aromatic heterocycles. The number of fused-ring (bicyclic) bond motifs is 3. The lowest BCUT2D eigenvalue weighted by Crippen LogP contribution is -2.64. The lowest BCUT2D eigenvalue weighted by Gasteiger charge is -2.49. The van der Waals surface area contributed by atoms with Crippen molar-refractivity contribution in [3.8, 4) is 5.75 Å². The smallest absolute Gasteiger partial charge is 0.403 e. The molecule has 0 radical (unpaired) electrons. The SMILES string of the molecule is CCCC12COC(C(=O)Oc3cc(F)c(F)c(F)c3)(OC1)OC2. The van der Waals surface area contributed by atoms with Gasteiger partial charge in [-0.3, -0.25) is 0 Å². The Hall–Kier alpha value is -1.64. The summed E-state index contributed by atoms with van der Waals surface area (Å²) in [5.41, 5.74) is -0.301. The van der Waals surface area contributed by atoms with Gasteiger partial charge in [-0.2, -0.15) is 0 Å². The van der Waals surface area contributed by atoms with Gasteiger partial charge in [-0.05, 0) is 6.42 Å². The van der Waals surface area contributed by atoms with Gasteiger partial charge >= 0.3 is 11.9 Å². The van der Waals surface area contributed by atoms with Crippen LogP contribution in [0.25, 0.3) is 0 Å². The maximum atomic E-state index is 13.2. The fourth-order valence-electron chi connectivity index (χ4n) is 2.68. The van der Waals surface area contributed by atoms with Crippen molar-refractivity contribution < 1.29 is 36.9 Å². The van der Waals surface area contributed by atoms with Crippen LogP contribution < -0.4 is 4.74 Å². The van der Waals surface area contributed by atoms with Crippen LogP contribution >= 0.6 is 0 Å². The normalized spacial score (nSPS) is 29.6. The van der Waals surface area contributed by atoms with Crippen LogP contribution in [0.3, 0.4) is 0 Å². The maximum Gasteiger partial charge on any atom is 0.403 e. The van der Waals surface area contributed by atoms with Gasteiger partial charge in [0.2, 0.25) is 0 Å². The van der Waals surface area contributed by atoms with E-state index in [0.717, 1.165) is 12.8 Å². The summed E-state index contributed by atoms with van der Waals surface area (Å²) in [5, 5.41) is 0. The molecule has 3 saturated heterocycles. The molecule has 1 aromatic carbocycles. The van der Waals surface area contributed by atoms with Crippen molar-refractivity contribution in [2.24, 2.45) is 5.41 Å². The number of esters is 1. The second-order valence-electron chi connectivity index (χ2n) is 5.76. The van der Waals surface area contributed by atoms with Crippen molar-refractivity contribution in [3.05, 3.63) is 29.6 Å². The molecule has 0 aliphatic carbocycles. The van der Waals surface area contributed by atoms with Crippen molar-refractivity contribution in [1.82, 2.24) is 0 Å². The highest BCUT2D eigenvalue weighted by Crippen LogP contribution is 2.41. The third-order valence-electron chi connectivity index (χ3n) is 3.90. The van der Waals surface area contributed by atoms with E-state index < -0.39 is 35.1 Å². The van der Waals surface area contributed by atoms with E-state index in [1.54, 1.807) is 0 Å². The molecule has 3 aliphatic heterocycles. The largest absolute Gasteiger partial charge is 0.420 e. The molecule has 0 saturated carbocycles. The summed E-state index contributed by atoms with van der Waals surface area (Å²) in [6.45, 7) is 2.77. The summed E-state index contributed by atoms with van der Waals surface area (Å²) in [6.07, 6.45) is 1.72. The lowest BCUT2D eigenvalue weighted by atomic mass is 9.84. The molecule has 4 rings (SSSR count). The Morgan fingerprint density at radius 2 is 1.65 bits per heavy atom. The minimum Gasteiger partial charge on any atom is -0.420 e. The van der Waals surface area contributed by atoms with Crippen molar-refractivity contribution in [1.29, 1.82) is 0 Å². The third kappa shape index (κ3) is 2.82. The number of hydrogen-bond donors (Lipinski definition) is 0. The molecule has 0 spiro atoms. The number of hydrogen-bond acceptors (Lipinski definition) is 5. The molecular formula is C15H15F3O5. The number of ether oxygens (including phenoxy) is 4. The molecule has 1 aromatic rings. The Morgan fingerprint density at radius 1 is 1.13 bits per heavy atom. The van der Waals surface area contributed by atoms with Crippen molar-refractivity contribution in [3.63, 3.8) is 0 Å². The zero-order valence-corrected chi connectivity index (χ0v) is 12.4. The molecule has 0 amide bonds. The minimum atomic E-state index is -2.04. The molecule has 3 aliphatic rings. The quantitative estimate of drug-likeness (QED) is 0.482. The van der Waals surface area contributed by atoms with Crippen LogP contribution in [0.5, 0.6) is 5.75 Å². The average Bonchev–Trinajstić information content (AvgIpc) is 2.54. The van der Waals surface area contributed by atoms with Crippen LogP contribution in [-0.4, -0.2) is 31.8 Å². The summed E-state index contributed by atoms with van der Waals surface area (Å²) < 4.78 is 60.1. The average molecular weight is 332 g/mol. The van der Waals surface area contributed by atoms with E-state index >= 15 is 0 Å². The van der Waals surface area contributed by atoms with Gasteiger partial charge in [0.05, 0.1) is 19.8 Å². The van der Waals surface area contributed by atoms with E-state index in [-0.39, 0.29) is 25.2 Å². The highest BCUT2D eigenvalue weighted by molar-refractivity contribution is 5.79. The first-order valence-corrected chi connectivity index (χ1v) is 7.18. The van der Waals surface area contributed by atoms with Gasteiger partial charge in [0.25, 0.3) is 0 Å². The standard InChI is InChI=1S/C15H15F3O5/c1-2-3-14-6-20-15(21-7-14,22-8-14)13(19)23-9-4-10(16)12(18)11(17)5-9/h4-5H,2-3,6-8H2,1H3.